The van der Waals surface area contributed by atoms with Crippen LogP contribution in [-0.4, -0.2) is 25.8 Å². The highest BCUT2D eigenvalue weighted by Gasteiger charge is 2.27. The van der Waals surface area contributed by atoms with Gasteiger partial charge in [0.1, 0.15) is 5.82 Å². The van der Waals surface area contributed by atoms with E-state index in [1.165, 1.54) is 23.5 Å². The van der Waals surface area contributed by atoms with Gasteiger partial charge >= 0.3 is 0 Å². The van der Waals surface area contributed by atoms with Crippen molar-refractivity contribution in [3.05, 3.63) is 29.6 Å². The Morgan fingerprint density at radius 3 is 2.37 bits per heavy atom. The van der Waals surface area contributed by atoms with Crippen molar-refractivity contribution in [2.24, 2.45) is 11.7 Å². The van der Waals surface area contributed by atoms with E-state index < -0.39 is 15.8 Å². The molecule has 19 heavy (non-hydrogen) atoms. The zero-order valence-corrected chi connectivity index (χ0v) is 12.5. The Kier molecular flexibility index (Phi) is 5.06. The maximum absolute atomic E-state index is 13.4. The highest BCUT2D eigenvalue weighted by molar-refractivity contribution is 7.89. The van der Waals surface area contributed by atoms with Gasteiger partial charge in [0.2, 0.25) is 10.0 Å². The SMILES string of the molecule is CC(C)C(C)N(C)S(=O)(=O)c1ccc(F)c(CN)c1. The summed E-state index contributed by atoms with van der Waals surface area (Å²) < 4.78 is 39.5. The molecule has 0 bridgehead atoms. The van der Waals surface area contributed by atoms with Crippen molar-refractivity contribution in [1.82, 2.24) is 4.31 Å². The molecule has 1 rings (SSSR count). The third-order valence-corrected chi connectivity index (χ3v) is 5.39. The van der Waals surface area contributed by atoms with E-state index in [9.17, 15) is 12.8 Å². The van der Waals surface area contributed by atoms with E-state index in [1.54, 1.807) is 0 Å². The van der Waals surface area contributed by atoms with Gasteiger partial charge in [-0.25, -0.2) is 12.8 Å². The molecule has 0 amide bonds. The van der Waals surface area contributed by atoms with Crippen molar-refractivity contribution >= 4 is 10.0 Å². The van der Waals surface area contributed by atoms with E-state index >= 15 is 0 Å². The molecular weight excluding hydrogens is 267 g/mol. The summed E-state index contributed by atoms with van der Waals surface area (Å²) >= 11 is 0. The molecule has 0 radical (unpaired) electrons. The fourth-order valence-electron chi connectivity index (χ4n) is 1.67. The summed E-state index contributed by atoms with van der Waals surface area (Å²) in [6.45, 7) is 5.72. The van der Waals surface area contributed by atoms with Gasteiger partial charge in [-0.1, -0.05) is 13.8 Å². The maximum Gasteiger partial charge on any atom is 0.243 e. The molecule has 0 aliphatic rings. The standard InChI is InChI=1S/C13H21FN2O2S/c1-9(2)10(3)16(4)19(17,18)12-5-6-13(14)11(7-12)8-15/h5-7,9-10H,8,15H2,1-4H3. The van der Waals surface area contributed by atoms with E-state index in [0.29, 0.717) is 0 Å². The fraction of sp³-hybridized carbons (Fsp3) is 0.538. The van der Waals surface area contributed by atoms with Gasteiger partial charge in [-0.15, -0.1) is 0 Å². The van der Waals surface area contributed by atoms with Crippen LogP contribution in [-0.2, 0) is 16.6 Å². The minimum atomic E-state index is -3.62. The number of nitrogens with zero attached hydrogens (tertiary/aromatic N) is 1. The van der Waals surface area contributed by atoms with Gasteiger partial charge in [0.15, 0.2) is 0 Å². The predicted octanol–water partition coefficient (Wildman–Crippen LogP) is 1.95. The first-order valence-electron chi connectivity index (χ1n) is 6.18. The van der Waals surface area contributed by atoms with E-state index in [2.05, 4.69) is 0 Å². The van der Waals surface area contributed by atoms with Gasteiger partial charge in [-0.2, -0.15) is 4.31 Å². The van der Waals surface area contributed by atoms with E-state index in [4.69, 9.17) is 5.73 Å². The summed E-state index contributed by atoms with van der Waals surface area (Å²) in [5, 5.41) is 0. The lowest BCUT2D eigenvalue weighted by molar-refractivity contribution is 0.315. The van der Waals surface area contributed by atoms with Crippen LogP contribution in [0.15, 0.2) is 23.1 Å². The predicted molar refractivity (Wildman–Crippen MR) is 73.5 cm³/mol. The molecule has 0 aliphatic heterocycles. The summed E-state index contributed by atoms with van der Waals surface area (Å²) in [6.07, 6.45) is 0. The molecule has 0 saturated heterocycles. The quantitative estimate of drug-likeness (QED) is 0.900. The van der Waals surface area contributed by atoms with Crippen molar-refractivity contribution in [1.29, 1.82) is 0 Å². The van der Waals surface area contributed by atoms with Crippen LogP contribution in [0, 0.1) is 11.7 Å². The molecule has 4 nitrogen and oxygen atoms in total. The minimum Gasteiger partial charge on any atom is -0.326 e. The number of nitrogens with two attached hydrogens (primary N) is 1. The van der Waals surface area contributed by atoms with Gasteiger partial charge in [-0.05, 0) is 31.0 Å². The summed E-state index contributed by atoms with van der Waals surface area (Å²) in [5.41, 5.74) is 5.60. The van der Waals surface area contributed by atoms with Crippen LogP contribution in [0.3, 0.4) is 0 Å². The maximum atomic E-state index is 13.4. The van der Waals surface area contributed by atoms with Crippen molar-refractivity contribution in [3.8, 4) is 0 Å². The number of hydrogen-bond donors (Lipinski definition) is 1. The smallest absolute Gasteiger partial charge is 0.243 e. The molecule has 0 heterocycles. The number of sulfonamides is 1. The topological polar surface area (TPSA) is 63.4 Å². The first-order valence-corrected chi connectivity index (χ1v) is 7.62. The molecule has 108 valence electrons. The van der Waals surface area contributed by atoms with Crippen LogP contribution >= 0.6 is 0 Å². The zero-order chi connectivity index (χ0) is 14.8. The summed E-state index contributed by atoms with van der Waals surface area (Å²) in [4.78, 5) is 0.0735. The van der Waals surface area contributed by atoms with Crippen LogP contribution in [0.2, 0.25) is 0 Å². The molecule has 1 unspecified atom stereocenters. The summed E-state index contributed by atoms with van der Waals surface area (Å²) in [7, 11) is -2.09. The Labute approximate surface area is 114 Å². The second kappa shape index (κ2) is 5.98. The Morgan fingerprint density at radius 2 is 1.89 bits per heavy atom. The molecular formula is C13H21FN2O2S. The Morgan fingerprint density at radius 1 is 1.32 bits per heavy atom. The molecule has 6 heteroatoms. The molecule has 0 aliphatic carbocycles. The molecule has 0 spiro atoms. The average Bonchev–Trinajstić information content (AvgIpc) is 2.36. The highest BCUT2D eigenvalue weighted by Crippen LogP contribution is 2.21. The summed E-state index contributed by atoms with van der Waals surface area (Å²) in [6, 6.07) is 3.57. The average molecular weight is 288 g/mol. The molecule has 2 N–H and O–H groups in total. The number of rotatable bonds is 5. The lowest BCUT2D eigenvalue weighted by atomic mass is 10.1. The Balaban J connectivity index is 3.20. The fourth-order valence-corrected chi connectivity index (χ4v) is 3.22. The largest absolute Gasteiger partial charge is 0.326 e. The molecule has 0 saturated carbocycles. The van der Waals surface area contributed by atoms with Crippen LogP contribution in [0.25, 0.3) is 0 Å². The molecule has 1 atom stereocenters. The first-order chi connectivity index (χ1) is 8.71. The van der Waals surface area contributed by atoms with Gasteiger partial charge in [-0.3, -0.25) is 0 Å². The van der Waals surface area contributed by atoms with E-state index in [0.717, 1.165) is 6.07 Å². The lowest BCUT2D eigenvalue weighted by Crippen LogP contribution is -2.38. The van der Waals surface area contributed by atoms with Gasteiger partial charge in [0.25, 0.3) is 0 Å². The molecule has 1 aromatic rings. The zero-order valence-electron chi connectivity index (χ0n) is 11.7. The van der Waals surface area contributed by atoms with E-state index in [1.807, 2.05) is 20.8 Å². The molecule has 0 fully saturated rings. The van der Waals surface area contributed by atoms with Crippen LogP contribution in [0.4, 0.5) is 4.39 Å². The minimum absolute atomic E-state index is 0.0291. The first kappa shape index (κ1) is 16.1. The Bertz CT molecular complexity index is 544. The van der Waals surface area contributed by atoms with Crippen LogP contribution in [0.5, 0.6) is 0 Å². The second-order valence-electron chi connectivity index (χ2n) is 4.96. The second-order valence-corrected chi connectivity index (χ2v) is 6.96. The molecule has 0 aromatic heterocycles. The van der Waals surface area contributed by atoms with E-state index in [-0.39, 0.29) is 29.0 Å². The van der Waals surface area contributed by atoms with Crippen molar-refractivity contribution in [2.45, 2.75) is 38.3 Å². The van der Waals surface area contributed by atoms with Gasteiger partial charge in [0, 0.05) is 25.2 Å². The lowest BCUT2D eigenvalue weighted by Gasteiger charge is -2.27. The monoisotopic (exact) mass is 288 g/mol. The number of hydrogen-bond acceptors (Lipinski definition) is 3. The number of halogens is 1. The summed E-state index contributed by atoms with van der Waals surface area (Å²) in [5.74, 6) is -0.296. The van der Waals surface area contributed by atoms with Gasteiger partial charge < -0.3 is 5.73 Å². The van der Waals surface area contributed by atoms with Crippen molar-refractivity contribution in [3.63, 3.8) is 0 Å². The van der Waals surface area contributed by atoms with Crippen LogP contribution < -0.4 is 5.73 Å². The third kappa shape index (κ3) is 3.32. The number of benzene rings is 1. The molecule has 1 aromatic carbocycles. The van der Waals surface area contributed by atoms with Crippen LogP contribution in [0.1, 0.15) is 26.3 Å². The normalized spacial score (nSPS) is 14.1. The van der Waals surface area contributed by atoms with Gasteiger partial charge in [0.05, 0.1) is 4.90 Å². The third-order valence-electron chi connectivity index (χ3n) is 3.45. The Hall–Kier alpha value is -0.980. The highest BCUT2D eigenvalue weighted by atomic mass is 32.2. The van der Waals surface area contributed by atoms with Crippen molar-refractivity contribution in [2.75, 3.05) is 7.05 Å². The van der Waals surface area contributed by atoms with Crippen molar-refractivity contribution < 1.29 is 12.8 Å².